The van der Waals surface area contributed by atoms with E-state index in [1.807, 2.05) is 20.8 Å². The zero-order valence-electron chi connectivity index (χ0n) is 17.8. The fourth-order valence-electron chi connectivity index (χ4n) is 5.10. The number of fused-ring (bicyclic) bond motifs is 1. The van der Waals surface area contributed by atoms with E-state index in [4.69, 9.17) is 9.47 Å². The van der Waals surface area contributed by atoms with Gasteiger partial charge in [0.05, 0.1) is 30.5 Å². The Balaban J connectivity index is 1.98. The van der Waals surface area contributed by atoms with E-state index in [0.717, 1.165) is 5.57 Å². The van der Waals surface area contributed by atoms with Gasteiger partial charge in [0.15, 0.2) is 0 Å². The molecule has 6 heteroatoms. The summed E-state index contributed by atoms with van der Waals surface area (Å²) in [5, 5.41) is 33.3. The molecular formula is C23H32O6. The number of ether oxygens (including phenoxy) is 2. The number of rotatable bonds is 4. The lowest BCUT2D eigenvalue weighted by molar-refractivity contribution is -0.133. The third kappa shape index (κ3) is 3.58. The first-order valence-corrected chi connectivity index (χ1v) is 10.1. The first kappa shape index (κ1) is 21.8. The van der Waals surface area contributed by atoms with E-state index in [1.54, 1.807) is 44.4 Å². The summed E-state index contributed by atoms with van der Waals surface area (Å²) in [6, 6.07) is 6.64. The molecule has 160 valence electrons. The molecule has 6 atom stereocenters. The molecule has 3 rings (SSSR count). The molecular weight excluding hydrogens is 372 g/mol. The van der Waals surface area contributed by atoms with E-state index in [1.165, 1.54) is 0 Å². The van der Waals surface area contributed by atoms with Gasteiger partial charge in [0.2, 0.25) is 0 Å². The smallest absolute Gasteiger partial charge is 0.338 e. The molecule has 0 radical (unpaired) electrons. The number of benzene rings is 1. The predicted octanol–water partition coefficient (Wildman–Crippen LogP) is 2.71. The van der Waals surface area contributed by atoms with Crippen molar-refractivity contribution in [2.75, 3.05) is 7.11 Å². The van der Waals surface area contributed by atoms with E-state index in [2.05, 4.69) is 0 Å². The highest BCUT2D eigenvalue weighted by Gasteiger charge is 2.66. The summed E-state index contributed by atoms with van der Waals surface area (Å²) in [7, 11) is 1.55. The number of methoxy groups -OCH3 is 1. The van der Waals surface area contributed by atoms with Crippen LogP contribution in [0.3, 0.4) is 0 Å². The number of hydrogen-bond acceptors (Lipinski definition) is 6. The van der Waals surface area contributed by atoms with Crippen molar-refractivity contribution < 1.29 is 29.6 Å². The highest BCUT2D eigenvalue weighted by atomic mass is 16.5. The molecule has 2 aliphatic rings. The number of esters is 1. The number of aliphatic hydroxyl groups excluding tert-OH is 2. The van der Waals surface area contributed by atoms with Crippen LogP contribution in [0.5, 0.6) is 5.75 Å². The maximum atomic E-state index is 12.9. The summed E-state index contributed by atoms with van der Waals surface area (Å²) >= 11 is 0. The number of carbonyl (C=O) groups is 1. The molecule has 0 spiro atoms. The zero-order valence-corrected chi connectivity index (χ0v) is 17.8. The monoisotopic (exact) mass is 404 g/mol. The van der Waals surface area contributed by atoms with Gasteiger partial charge in [0.1, 0.15) is 11.9 Å². The normalized spacial score (nSPS) is 36.9. The van der Waals surface area contributed by atoms with E-state index in [0.29, 0.717) is 17.7 Å². The van der Waals surface area contributed by atoms with Crippen LogP contribution in [-0.4, -0.2) is 52.3 Å². The first-order chi connectivity index (χ1) is 13.5. The predicted molar refractivity (Wildman–Crippen MR) is 109 cm³/mol. The van der Waals surface area contributed by atoms with Crippen molar-refractivity contribution in [3.63, 3.8) is 0 Å². The summed E-state index contributed by atoms with van der Waals surface area (Å²) in [4.78, 5) is 12.9. The summed E-state index contributed by atoms with van der Waals surface area (Å²) in [6.45, 7) is 7.41. The lowest BCUT2D eigenvalue weighted by Gasteiger charge is -2.45. The summed E-state index contributed by atoms with van der Waals surface area (Å²) in [5.41, 5.74) is -1.05. The molecule has 6 nitrogen and oxygen atoms in total. The van der Waals surface area contributed by atoms with Crippen LogP contribution in [0.15, 0.2) is 35.9 Å². The van der Waals surface area contributed by atoms with Crippen LogP contribution in [-0.2, 0) is 4.74 Å². The van der Waals surface area contributed by atoms with Crippen molar-refractivity contribution in [3.8, 4) is 5.75 Å². The van der Waals surface area contributed by atoms with Gasteiger partial charge in [-0.05, 0) is 37.1 Å². The minimum absolute atomic E-state index is 0.131. The Morgan fingerprint density at radius 3 is 2.38 bits per heavy atom. The van der Waals surface area contributed by atoms with Crippen molar-refractivity contribution in [3.05, 3.63) is 41.5 Å². The minimum atomic E-state index is -1.27. The van der Waals surface area contributed by atoms with Crippen molar-refractivity contribution in [2.45, 2.75) is 64.4 Å². The van der Waals surface area contributed by atoms with Crippen LogP contribution in [0.25, 0.3) is 0 Å². The average Bonchev–Trinajstić information content (AvgIpc) is 2.82. The Bertz CT molecular complexity index is 785. The highest BCUT2D eigenvalue weighted by molar-refractivity contribution is 5.89. The van der Waals surface area contributed by atoms with Gasteiger partial charge in [-0.1, -0.05) is 32.4 Å². The summed E-state index contributed by atoms with van der Waals surface area (Å²) in [6.07, 6.45) is -0.302. The molecule has 0 heterocycles. The third-order valence-electron chi connectivity index (χ3n) is 7.01. The Labute approximate surface area is 172 Å². The molecule has 1 aromatic carbocycles. The van der Waals surface area contributed by atoms with Gasteiger partial charge in [-0.3, -0.25) is 0 Å². The quantitative estimate of drug-likeness (QED) is 0.527. The molecule has 1 aromatic rings. The molecule has 2 aliphatic carbocycles. The largest absolute Gasteiger partial charge is 0.497 e. The van der Waals surface area contributed by atoms with Crippen molar-refractivity contribution in [1.29, 1.82) is 0 Å². The van der Waals surface area contributed by atoms with Gasteiger partial charge in [0, 0.05) is 24.2 Å². The maximum absolute atomic E-state index is 12.9. The lowest BCUT2D eigenvalue weighted by Crippen LogP contribution is -2.53. The van der Waals surface area contributed by atoms with Crippen LogP contribution in [0, 0.1) is 17.3 Å². The summed E-state index contributed by atoms with van der Waals surface area (Å²) in [5.74, 6) is -0.664. The minimum Gasteiger partial charge on any atom is -0.497 e. The fraction of sp³-hybridized carbons (Fsp3) is 0.609. The fourth-order valence-corrected chi connectivity index (χ4v) is 5.10. The number of hydrogen-bond donors (Lipinski definition) is 3. The highest BCUT2D eigenvalue weighted by Crippen LogP contribution is 2.58. The molecule has 29 heavy (non-hydrogen) atoms. The van der Waals surface area contributed by atoms with Gasteiger partial charge in [-0.25, -0.2) is 4.79 Å². The van der Waals surface area contributed by atoms with Gasteiger partial charge >= 0.3 is 5.97 Å². The lowest BCUT2D eigenvalue weighted by atomic mass is 9.66. The Morgan fingerprint density at radius 2 is 1.83 bits per heavy atom. The first-order valence-electron chi connectivity index (χ1n) is 10.1. The van der Waals surface area contributed by atoms with Crippen molar-refractivity contribution in [2.24, 2.45) is 17.3 Å². The SMILES string of the molecule is COc1ccc(C(=O)O[C@H]2CC(C)=C[C@@H](O)[C@]3(C)[C@@H]2[C@](O)(C(C)C)C[C@@H]3O)cc1. The number of aliphatic hydroxyl groups is 3. The van der Waals surface area contributed by atoms with E-state index in [-0.39, 0.29) is 12.3 Å². The Kier molecular flexibility index (Phi) is 5.82. The standard InChI is InChI=1S/C23H32O6/c1-13(2)23(27)12-19(25)22(4)18(24)11-14(3)10-17(20(22)23)29-21(26)15-6-8-16(28-5)9-7-15/h6-9,11,13,17-20,24-25,27H,10,12H2,1-5H3/t17-,18+,19-,20+,22-,23+/m0/s1. The van der Waals surface area contributed by atoms with Crippen molar-refractivity contribution >= 4 is 5.97 Å². The molecule has 0 bridgehead atoms. The van der Waals surface area contributed by atoms with Gasteiger partial charge in [-0.15, -0.1) is 0 Å². The van der Waals surface area contributed by atoms with Crippen LogP contribution in [0.2, 0.25) is 0 Å². The molecule has 0 aromatic heterocycles. The molecule has 0 aliphatic heterocycles. The average molecular weight is 405 g/mol. The third-order valence-corrected chi connectivity index (χ3v) is 7.01. The molecule has 1 saturated carbocycles. The van der Waals surface area contributed by atoms with Crippen LogP contribution in [0.1, 0.15) is 50.9 Å². The van der Waals surface area contributed by atoms with Gasteiger partial charge < -0.3 is 24.8 Å². The van der Waals surface area contributed by atoms with E-state index >= 15 is 0 Å². The second kappa shape index (κ2) is 7.74. The molecule has 3 N–H and O–H groups in total. The van der Waals surface area contributed by atoms with Crippen LogP contribution < -0.4 is 4.74 Å². The topological polar surface area (TPSA) is 96.2 Å². The van der Waals surface area contributed by atoms with Gasteiger partial charge in [-0.2, -0.15) is 0 Å². The number of carbonyl (C=O) groups excluding carboxylic acids is 1. The Morgan fingerprint density at radius 1 is 1.21 bits per heavy atom. The molecule has 0 amide bonds. The van der Waals surface area contributed by atoms with Crippen LogP contribution in [0.4, 0.5) is 0 Å². The van der Waals surface area contributed by atoms with Crippen molar-refractivity contribution in [1.82, 2.24) is 0 Å². The van der Waals surface area contributed by atoms with E-state index < -0.39 is 41.2 Å². The zero-order chi connectivity index (χ0) is 21.6. The van der Waals surface area contributed by atoms with Crippen LogP contribution >= 0.6 is 0 Å². The molecule has 0 saturated heterocycles. The van der Waals surface area contributed by atoms with Gasteiger partial charge in [0.25, 0.3) is 0 Å². The second-order valence-electron chi connectivity index (χ2n) is 9.04. The maximum Gasteiger partial charge on any atom is 0.338 e. The second-order valence-corrected chi connectivity index (χ2v) is 9.04. The molecule has 0 unspecified atom stereocenters. The Hall–Kier alpha value is -1.89. The molecule has 1 fully saturated rings. The van der Waals surface area contributed by atoms with E-state index in [9.17, 15) is 20.1 Å². The summed E-state index contributed by atoms with van der Waals surface area (Å²) < 4.78 is 11.0.